The van der Waals surface area contributed by atoms with Crippen molar-refractivity contribution in [1.82, 2.24) is 4.57 Å². The summed E-state index contributed by atoms with van der Waals surface area (Å²) in [6.07, 6.45) is 7.22. The van der Waals surface area contributed by atoms with Crippen molar-refractivity contribution in [3.05, 3.63) is 95.5 Å². The summed E-state index contributed by atoms with van der Waals surface area (Å²) in [5, 5.41) is 8.26. The molecule has 0 fully saturated rings. The number of fused-ring (bicyclic) bond motifs is 1. The zero-order chi connectivity index (χ0) is 26.4. The van der Waals surface area contributed by atoms with Crippen LogP contribution in [-0.2, 0) is 6.54 Å². The van der Waals surface area contributed by atoms with E-state index in [1.807, 2.05) is 62.0 Å². The molecule has 0 aliphatic rings. The molecule has 0 aliphatic heterocycles. The Labute approximate surface area is 208 Å². The normalized spacial score (nSPS) is 10.9. The highest BCUT2D eigenvalue weighted by Crippen LogP contribution is 2.24. The Bertz CT molecular complexity index is 1200. The Hall–Kier alpha value is -3.80. The van der Waals surface area contributed by atoms with Gasteiger partial charge in [0.1, 0.15) is 18.7 Å². The zero-order valence-electron chi connectivity index (χ0n) is 21.5. The molecule has 35 heavy (non-hydrogen) atoms. The molecule has 6 heteroatoms. The van der Waals surface area contributed by atoms with E-state index in [0.29, 0.717) is 29.6 Å². The minimum absolute atomic E-state index is 0.00106. The van der Waals surface area contributed by atoms with Gasteiger partial charge < -0.3 is 10.3 Å². The highest BCUT2D eigenvalue weighted by atomic mass is 19.1. The summed E-state index contributed by atoms with van der Waals surface area (Å²) in [4.78, 5) is 15.2. The first-order valence-electron chi connectivity index (χ1n) is 11.9. The van der Waals surface area contributed by atoms with Crippen LogP contribution in [0.1, 0.15) is 62.2 Å². The molecule has 0 saturated carbocycles. The molecule has 0 bridgehead atoms. The molecule has 186 valence electrons. The summed E-state index contributed by atoms with van der Waals surface area (Å²) in [5.74, 6) is -0.316. The van der Waals surface area contributed by atoms with E-state index in [1.54, 1.807) is 25.1 Å². The van der Waals surface area contributed by atoms with Crippen molar-refractivity contribution in [3.63, 3.8) is 0 Å². The van der Waals surface area contributed by atoms with E-state index in [4.69, 9.17) is 11.1 Å². The standard InChI is InChI=1S/C19H18FN3O.C8H13N.C2H6/c1-2-18(24)17-10-14-9-15(20)6-7-16(14)23(17)11-12-4-3-5-13(8-12)19(21)22;1-4-8(5-2)6-7-9-3;1-2/h3-10H,2,11H2,1H3,(H3,21,22);4,6-7H,1,5H2,2-3H3;1-2H3/p+1/b;8-6+,9-7?;. The molecule has 2 aromatic carbocycles. The molecule has 0 spiro atoms. The van der Waals surface area contributed by atoms with Crippen molar-refractivity contribution in [2.45, 2.75) is 47.1 Å². The minimum atomic E-state index is -0.325. The SMILES string of the molecule is C=C/C(=C\C=[NH+]C)CC.CC.CCC(=O)c1cc2cc(F)ccc2n1Cc1cccc(C(=N)N)c1. The van der Waals surface area contributed by atoms with Gasteiger partial charge in [-0.3, -0.25) is 15.2 Å². The van der Waals surface area contributed by atoms with Crippen molar-refractivity contribution in [1.29, 1.82) is 5.41 Å². The Balaban J connectivity index is 0.000000473. The largest absolute Gasteiger partial charge is 0.384 e. The number of carbonyl (C=O) groups is 1. The molecule has 0 amide bonds. The van der Waals surface area contributed by atoms with Gasteiger partial charge in [0.25, 0.3) is 0 Å². The third-order valence-electron chi connectivity index (χ3n) is 5.18. The Morgan fingerprint density at radius 2 is 1.86 bits per heavy atom. The number of hydrogen-bond acceptors (Lipinski definition) is 2. The number of amidine groups is 1. The van der Waals surface area contributed by atoms with Crippen molar-refractivity contribution < 1.29 is 14.2 Å². The topological polar surface area (TPSA) is 85.8 Å². The number of nitrogen functional groups attached to an aromatic ring is 1. The van der Waals surface area contributed by atoms with E-state index in [-0.39, 0.29) is 17.4 Å². The number of allylic oxidation sites excluding steroid dienone is 3. The predicted molar refractivity (Wildman–Crippen MR) is 146 cm³/mol. The Kier molecular flexibility index (Phi) is 12.7. The molecular formula is C29H38FN4O+. The second kappa shape index (κ2) is 15.2. The quantitative estimate of drug-likeness (QED) is 0.184. The van der Waals surface area contributed by atoms with Crippen LogP contribution in [-0.4, -0.2) is 29.4 Å². The second-order valence-electron chi connectivity index (χ2n) is 7.46. The van der Waals surface area contributed by atoms with Gasteiger partial charge in [-0.2, -0.15) is 0 Å². The average Bonchev–Trinajstić information content (AvgIpc) is 3.23. The summed E-state index contributed by atoms with van der Waals surface area (Å²) < 4.78 is 15.4. The van der Waals surface area contributed by atoms with Crippen LogP contribution in [0.4, 0.5) is 4.39 Å². The maximum atomic E-state index is 13.5. The monoisotopic (exact) mass is 477 g/mol. The van der Waals surface area contributed by atoms with Gasteiger partial charge in [-0.25, -0.2) is 4.39 Å². The molecule has 3 rings (SSSR count). The molecule has 1 heterocycles. The molecule has 0 saturated heterocycles. The fourth-order valence-electron chi connectivity index (χ4n) is 3.36. The molecule has 0 radical (unpaired) electrons. The first kappa shape index (κ1) is 29.2. The van der Waals surface area contributed by atoms with Gasteiger partial charge in [-0.05, 0) is 47.9 Å². The summed E-state index contributed by atoms with van der Waals surface area (Å²) in [7, 11) is 1.88. The number of hydrogen-bond donors (Lipinski definition) is 3. The fraction of sp³-hybridized carbons (Fsp3) is 0.276. The second-order valence-corrected chi connectivity index (χ2v) is 7.46. The Morgan fingerprint density at radius 3 is 2.43 bits per heavy atom. The number of carbonyl (C=O) groups excluding carboxylic acids is 1. The van der Waals surface area contributed by atoms with Crippen molar-refractivity contribution in [3.8, 4) is 0 Å². The average molecular weight is 478 g/mol. The Morgan fingerprint density at radius 1 is 1.14 bits per heavy atom. The van der Waals surface area contributed by atoms with E-state index in [0.717, 1.165) is 17.5 Å². The van der Waals surface area contributed by atoms with Gasteiger partial charge in [0.2, 0.25) is 0 Å². The lowest BCUT2D eigenvalue weighted by molar-refractivity contribution is -0.413. The number of nitrogens with zero attached hydrogens (tertiary/aromatic N) is 1. The highest BCUT2D eigenvalue weighted by molar-refractivity contribution is 6.00. The summed E-state index contributed by atoms with van der Waals surface area (Å²) in [6, 6.07) is 13.6. The van der Waals surface area contributed by atoms with Crippen LogP contribution in [0.15, 0.2) is 72.8 Å². The zero-order valence-corrected chi connectivity index (χ0v) is 21.5. The molecule has 4 N–H and O–H groups in total. The van der Waals surface area contributed by atoms with E-state index in [9.17, 15) is 9.18 Å². The van der Waals surface area contributed by atoms with Gasteiger partial charge >= 0.3 is 0 Å². The van der Waals surface area contributed by atoms with Crippen LogP contribution in [0.25, 0.3) is 10.9 Å². The smallest absolute Gasteiger partial charge is 0.178 e. The summed E-state index contributed by atoms with van der Waals surface area (Å²) in [6.45, 7) is 12.0. The first-order valence-corrected chi connectivity index (χ1v) is 11.9. The third kappa shape index (κ3) is 8.49. The molecule has 5 nitrogen and oxygen atoms in total. The van der Waals surface area contributed by atoms with E-state index in [1.165, 1.54) is 17.7 Å². The van der Waals surface area contributed by atoms with Crippen LogP contribution in [0, 0.1) is 11.2 Å². The van der Waals surface area contributed by atoms with Crippen molar-refractivity contribution >= 4 is 28.7 Å². The molecule has 0 aliphatic carbocycles. The third-order valence-corrected chi connectivity index (χ3v) is 5.18. The number of benzene rings is 2. The fourth-order valence-corrected chi connectivity index (χ4v) is 3.36. The van der Waals surface area contributed by atoms with Crippen LogP contribution in [0.3, 0.4) is 0 Å². The molecule has 0 atom stereocenters. The van der Waals surface area contributed by atoms with Crippen LogP contribution in [0.5, 0.6) is 0 Å². The van der Waals surface area contributed by atoms with Gasteiger partial charge in [0.05, 0.1) is 5.69 Å². The number of Topliss-reactive ketones (excluding diaryl/α,β-unsaturated/α-hetero) is 1. The molecule has 3 aromatic rings. The molecule has 1 aromatic heterocycles. The molecular weight excluding hydrogens is 439 g/mol. The van der Waals surface area contributed by atoms with Crippen molar-refractivity contribution in [2.24, 2.45) is 5.73 Å². The maximum absolute atomic E-state index is 13.5. The lowest BCUT2D eigenvalue weighted by Gasteiger charge is -2.11. The van der Waals surface area contributed by atoms with Crippen LogP contribution in [0.2, 0.25) is 0 Å². The first-order chi connectivity index (χ1) is 16.8. The summed E-state index contributed by atoms with van der Waals surface area (Å²) >= 11 is 0. The number of nitrogens with one attached hydrogen (secondary N) is 2. The van der Waals surface area contributed by atoms with Gasteiger partial charge in [0.15, 0.2) is 12.0 Å². The van der Waals surface area contributed by atoms with Gasteiger partial charge in [-0.15, -0.1) is 0 Å². The highest BCUT2D eigenvalue weighted by Gasteiger charge is 2.15. The maximum Gasteiger partial charge on any atom is 0.178 e. The van der Waals surface area contributed by atoms with E-state index >= 15 is 0 Å². The molecule has 0 unspecified atom stereocenters. The lowest BCUT2D eigenvalue weighted by atomic mass is 10.1. The van der Waals surface area contributed by atoms with Crippen molar-refractivity contribution in [2.75, 3.05) is 7.05 Å². The number of aromatic nitrogens is 1. The minimum Gasteiger partial charge on any atom is -0.384 e. The number of ketones is 1. The number of halogens is 1. The van der Waals surface area contributed by atoms with Crippen LogP contribution >= 0.6 is 0 Å². The van der Waals surface area contributed by atoms with E-state index in [2.05, 4.69) is 18.5 Å². The van der Waals surface area contributed by atoms with E-state index < -0.39 is 0 Å². The van der Waals surface area contributed by atoms with Gasteiger partial charge in [0, 0.05) is 35.5 Å². The predicted octanol–water partition coefficient (Wildman–Crippen LogP) is 5.02. The lowest BCUT2D eigenvalue weighted by Crippen LogP contribution is -2.62. The van der Waals surface area contributed by atoms with Gasteiger partial charge in [-0.1, -0.05) is 58.5 Å². The summed E-state index contributed by atoms with van der Waals surface area (Å²) in [5.41, 5.74) is 9.73. The van der Waals surface area contributed by atoms with Crippen LogP contribution < -0.4 is 10.7 Å². The number of nitrogens with two attached hydrogens (primary N) is 1. The number of rotatable bonds is 8.